The summed E-state index contributed by atoms with van der Waals surface area (Å²) >= 11 is 0. The summed E-state index contributed by atoms with van der Waals surface area (Å²) in [5.41, 5.74) is 1.29. The lowest BCUT2D eigenvalue weighted by Gasteiger charge is -2.38. The lowest BCUT2D eigenvalue weighted by molar-refractivity contribution is -0.129. The minimum absolute atomic E-state index is 0.0712. The molecule has 5 heteroatoms. The predicted octanol–water partition coefficient (Wildman–Crippen LogP) is 2.80. The number of hydrogen-bond donors (Lipinski definition) is 1. The van der Waals surface area contributed by atoms with Crippen LogP contribution in [0, 0.1) is 0 Å². The van der Waals surface area contributed by atoms with Gasteiger partial charge in [-0.1, -0.05) is 30.3 Å². The maximum atomic E-state index is 12.8. The Bertz CT molecular complexity index is 582. The van der Waals surface area contributed by atoms with Crippen LogP contribution in [0.1, 0.15) is 44.6 Å². The van der Waals surface area contributed by atoms with E-state index in [0.717, 1.165) is 51.7 Å². The molecule has 2 aliphatic rings. The molecule has 0 unspecified atom stereocenters. The molecule has 1 aromatic rings. The quantitative estimate of drug-likeness (QED) is 0.917. The molecule has 2 fully saturated rings. The van der Waals surface area contributed by atoms with Crippen LogP contribution in [0.2, 0.25) is 0 Å². The number of nitrogens with one attached hydrogen (secondary N) is 1. The molecule has 0 saturated carbocycles. The molecule has 0 aliphatic carbocycles. The Kier molecular flexibility index (Phi) is 5.95. The van der Waals surface area contributed by atoms with Crippen LogP contribution in [0.5, 0.6) is 0 Å². The Labute approximate surface area is 150 Å². The van der Waals surface area contributed by atoms with Crippen molar-refractivity contribution in [1.82, 2.24) is 15.1 Å². The van der Waals surface area contributed by atoms with E-state index < -0.39 is 0 Å². The van der Waals surface area contributed by atoms with Crippen molar-refractivity contribution in [2.75, 3.05) is 19.6 Å². The SMILES string of the molecule is CC(=O)N1CCC(NC(=O)N2CCCC[C@H]2Cc2ccccc2)CC1. The zero-order chi connectivity index (χ0) is 17.6. The number of rotatable bonds is 3. The van der Waals surface area contributed by atoms with E-state index in [2.05, 4.69) is 29.6 Å². The van der Waals surface area contributed by atoms with E-state index in [1.807, 2.05) is 15.9 Å². The molecule has 5 nitrogen and oxygen atoms in total. The lowest BCUT2D eigenvalue weighted by atomic mass is 9.96. The highest BCUT2D eigenvalue weighted by molar-refractivity contribution is 5.75. The van der Waals surface area contributed by atoms with E-state index in [1.54, 1.807) is 6.92 Å². The number of carbonyl (C=O) groups is 2. The molecule has 2 saturated heterocycles. The molecular formula is C20H29N3O2. The predicted molar refractivity (Wildman–Crippen MR) is 98.3 cm³/mol. The first kappa shape index (κ1) is 17.8. The zero-order valence-corrected chi connectivity index (χ0v) is 15.1. The molecule has 2 aliphatic heterocycles. The number of likely N-dealkylation sites (tertiary alicyclic amines) is 2. The van der Waals surface area contributed by atoms with Crippen molar-refractivity contribution in [3.05, 3.63) is 35.9 Å². The summed E-state index contributed by atoms with van der Waals surface area (Å²) in [4.78, 5) is 28.1. The van der Waals surface area contributed by atoms with Crippen molar-refractivity contribution < 1.29 is 9.59 Å². The van der Waals surface area contributed by atoms with E-state index in [-0.39, 0.29) is 24.0 Å². The van der Waals surface area contributed by atoms with E-state index in [4.69, 9.17) is 0 Å². The highest BCUT2D eigenvalue weighted by atomic mass is 16.2. The van der Waals surface area contributed by atoms with E-state index in [9.17, 15) is 9.59 Å². The zero-order valence-electron chi connectivity index (χ0n) is 15.1. The van der Waals surface area contributed by atoms with Crippen LogP contribution in [0.25, 0.3) is 0 Å². The third-order valence-electron chi connectivity index (χ3n) is 5.47. The van der Waals surface area contributed by atoms with Crippen molar-refractivity contribution in [2.24, 2.45) is 0 Å². The Hall–Kier alpha value is -2.04. The summed E-state index contributed by atoms with van der Waals surface area (Å²) < 4.78 is 0. The van der Waals surface area contributed by atoms with Crippen molar-refractivity contribution in [3.63, 3.8) is 0 Å². The lowest BCUT2D eigenvalue weighted by Crippen LogP contribution is -2.54. The standard InChI is InChI=1S/C20H29N3O2/c1-16(24)22-13-10-18(11-14-22)21-20(25)23-12-6-5-9-19(23)15-17-7-3-2-4-8-17/h2-4,7-8,18-19H,5-6,9-15H2,1H3,(H,21,25)/t19-/m0/s1. The number of hydrogen-bond acceptors (Lipinski definition) is 2. The minimum atomic E-state index is 0.0712. The summed E-state index contributed by atoms with van der Waals surface area (Å²) in [5, 5.41) is 3.21. The summed E-state index contributed by atoms with van der Waals surface area (Å²) in [6, 6.07) is 11.0. The Balaban J connectivity index is 1.55. The summed E-state index contributed by atoms with van der Waals surface area (Å²) in [7, 11) is 0. The van der Waals surface area contributed by atoms with Crippen LogP contribution >= 0.6 is 0 Å². The number of carbonyl (C=O) groups excluding carboxylic acids is 2. The number of benzene rings is 1. The fourth-order valence-electron chi connectivity index (χ4n) is 3.96. The smallest absolute Gasteiger partial charge is 0.317 e. The molecule has 3 amide bonds. The highest BCUT2D eigenvalue weighted by Gasteiger charge is 2.29. The Morgan fingerprint density at radius 2 is 1.76 bits per heavy atom. The van der Waals surface area contributed by atoms with Crippen molar-refractivity contribution in [1.29, 1.82) is 0 Å². The second kappa shape index (κ2) is 8.37. The van der Waals surface area contributed by atoms with E-state index in [0.29, 0.717) is 0 Å². The summed E-state index contributed by atoms with van der Waals surface area (Å²) in [6.45, 7) is 3.94. The van der Waals surface area contributed by atoms with Gasteiger partial charge in [0.05, 0.1) is 0 Å². The Morgan fingerprint density at radius 1 is 1.04 bits per heavy atom. The second-order valence-corrected chi connectivity index (χ2v) is 7.26. The van der Waals surface area contributed by atoms with Gasteiger partial charge in [0, 0.05) is 38.6 Å². The van der Waals surface area contributed by atoms with Crippen LogP contribution in [0.4, 0.5) is 4.79 Å². The number of nitrogens with zero attached hydrogens (tertiary/aromatic N) is 2. The third kappa shape index (κ3) is 4.74. The molecule has 0 radical (unpaired) electrons. The van der Waals surface area contributed by atoms with E-state index in [1.165, 1.54) is 12.0 Å². The van der Waals surface area contributed by atoms with Crippen molar-refractivity contribution in [2.45, 2.75) is 57.5 Å². The highest BCUT2D eigenvalue weighted by Crippen LogP contribution is 2.21. The molecule has 1 atom stereocenters. The minimum Gasteiger partial charge on any atom is -0.343 e. The van der Waals surface area contributed by atoms with Gasteiger partial charge in [-0.25, -0.2) is 4.79 Å². The fraction of sp³-hybridized carbons (Fsp3) is 0.600. The number of piperidine rings is 2. The molecular weight excluding hydrogens is 314 g/mol. The topological polar surface area (TPSA) is 52.7 Å². The average Bonchev–Trinajstić information content (AvgIpc) is 2.63. The van der Waals surface area contributed by atoms with Gasteiger partial charge < -0.3 is 15.1 Å². The van der Waals surface area contributed by atoms with Crippen LogP contribution in [0.15, 0.2) is 30.3 Å². The first-order valence-corrected chi connectivity index (χ1v) is 9.50. The van der Waals surface area contributed by atoms with E-state index >= 15 is 0 Å². The molecule has 1 aromatic carbocycles. The summed E-state index contributed by atoms with van der Waals surface area (Å²) in [5.74, 6) is 0.128. The van der Waals surface area contributed by atoms with Crippen LogP contribution in [-0.2, 0) is 11.2 Å². The molecule has 0 aromatic heterocycles. The molecule has 1 N–H and O–H groups in total. The van der Waals surface area contributed by atoms with Gasteiger partial charge in [-0.05, 0) is 44.1 Å². The largest absolute Gasteiger partial charge is 0.343 e. The van der Waals surface area contributed by atoms with Gasteiger partial charge in [0.15, 0.2) is 0 Å². The Morgan fingerprint density at radius 3 is 2.44 bits per heavy atom. The van der Waals surface area contributed by atoms with Gasteiger partial charge in [-0.3, -0.25) is 4.79 Å². The van der Waals surface area contributed by atoms with Crippen LogP contribution in [-0.4, -0.2) is 53.5 Å². The number of amides is 3. The second-order valence-electron chi connectivity index (χ2n) is 7.26. The van der Waals surface area contributed by atoms with Crippen LogP contribution < -0.4 is 5.32 Å². The average molecular weight is 343 g/mol. The van der Waals surface area contributed by atoms with Gasteiger partial charge in [0.1, 0.15) is 0 Å². The van der Waals surface area contributed by atoms with Gasteiger partial charge in [-0.2, -0.15) is 0 Å². The third-order valence-corrected chi connectivity index (χ3v) is 5.47. The maximum absolute atomic E-state index is 12.8. The van der Waals surface area contributed by atoms with Gasteiger partial charge in [-0.15, -0.1) is 0 Å². The maximum Gasteiger partial charge on any atom is 0.317 e. The van der Waals surface area contributed by atoms with Gasteiger partial charge in [0.25, 0.3) is 0 Å². The molecule has 0 spiro atoms. The normalized spacial score (nSPS) is 21.9. The van der Waals surface area contributed by atoms with Crippen molar-refractivity contribution in [3.8, 4) is 0 Å². The fourth-order valence-corrected chi connectivity index (χ4v) is 3.96. The molecule has 2 heterocycles. The summed E-state index contributed by atoms with van der Waals surface area (Å²) in [6.07, 6.45) is 5.98. The van der Waals surface area contributed by atoms with Crippen molar-refractivity contribution >= 4 is 11.9 Å². The molecule has 0 bridgehead atoms. The first-order chi connectivity index (χ1) is 12.1. The first-order valence-electron chi connectivity index (χ1n) is 9.50. The van der Waals surface area contributed by atoms with Gasteiger partial charge in [0.2, 0.25) is 5.91 Å². The van der Waals surface area contributed by atoms with Gasteiger partial charge >= 0.3 is 6.03 Å². The monoisotopic (exact) mass is 343 g/mol. The number of urea groups is 1. The van der Waals surface area contributed by atoms with Crippen LogP contribution in [0.3, 0.4) is 0 Å². The molecule has 136 valence electrons. The molecule has 25 heavy (non-hydrogen) atoms. The molecule has 3 rings (SSSR count).